The van der Waals surface area contributed by atoms with Crippen molar-refractivity contribution in [1.82, 2.24) is 9.55 Å². The number of benzene rings is 7. The fourth-order valence-corrected chi connectivity index (χ4v) is 9.27. The topological polar surface area (TPSA) is 33.5 Å². The van der Waals surface area contributed by atoms with Gasteiger partial charge in [0.05, 0.1) is 22.4 Å². The van der Waals surface area contributed by atoms with Crippen molar-refractivity contribution in [3.63, 3.8) is 0 Å². The SMILES string of the molecule is Cc1cccc(C)c1-c1cc(Oc2ccc3c4ccccc4n(-c4cc(C(C)(C)C)ccn4)c3c2)cc(N2CN(c3cccc(-c4ccccc4)c3)c3ccc(C(C)(C)C)cc32)c1. The quantitative estimate of drug-likeness (QED) is 0.160. The largest absolute Gasteiger partial charge is 0.457 e. The Morgan fingerprint density at radius 3 is 1.92 bits per heavy atom. The fraction of sp³-hybridized carbons (Fsp3) is 0.190. The van der Waals surface area contributed by atoms with Crippen molar-refractivity contribution < 1.29 is 4.74 Å². The zero-order valence-electron chi connectivity index (χ0n) is 37.6. The molecule has 0 radical (unpaired) electrons. The minimum atomic E-state index is -0.0274. The summed E-state index contributed by atoms with van der Waals surface area (Å²) in [7, 11) is 0. The molecular weight excluding hydrogens is 769 g/mol. The van der Waals surface area contributed by atoms with Crippen molar-refractivity contribution >= 4 is 44.6 Å². The Hall–Kier alpha value is -7.11. The number of para-hydroxylation sites is 1. The van der Waals surface area contributed by atoms with Crippen LogP contribution in [0.2, 0.25) is 0 Å². The second-order valence-corrected chi connectivity index (χ2v) is 19.1. The van der Waals surface area contributed by atoms with Crippen LogP contribution in [0.25, 0.3) is 49.9 Å². The predicted octanol–water partition coefficient (Wildman–Crippen LogP) is 15.8. The summed E-state index contributed by atoms with van der Waals surface area (Å²) in [6.07, 6.45) is 1.93. The fourth-order valence-electron chi connectivity index (χ4n) is 9.27. The maximum absolute atomic E-state index is 7.06. The Labute approximate surface area is 371 Å². The number of nitrogens with zero attached hydrogens (tertiary/aromatic N) is 4. The molecule has 0 saturated heterocycles. The van der Waals surface area contributed by atoms with Crippen molar-refractivity contribution in [3.05, 3.63) is 192 Å². The molecule has 0 unspecified atom stereocenters. The van der Waals surface area contributed by atoms with E-state index in [0.29, 0.717) is 6.67 Å². The highest BCUT2D eigenvalue weighted by molar-refractivity contribution is 6.09. The third-order valence-electron chi connectivity index (χ3n) is 12.7. The predicted molar refractivity (Wildman–Crippen MR) is 265 cm³/mol. The summed E-state index contributed by atoms with van der Waals surface area (Å²) in [6, 6.07) is 59.2. The average Bonchev–Trinajstić information content (AvgIpc) is 3.82. The molecule has 5 nitrogen and oxygen atoms in total. The van der Waals surface area contributed by atoms with Gasteiger partial charge in [-0.3, -0.25) is 4.57 Å². The van der Waals surface area contributed by atoms with Crippen LogP contribution in [-0.2, 0) is 10.8 Å². The van der Waals surface area contributed by atoms with E-state index in [0.717, 1.165) is 50.7 Å². The zero-order chi connectivity index (χ0) is 43.6. The van der Waals surface area contributed by atoms with Crippen LogP contribution in [-0.4, -0.2) is 16.2 Å². The monoisotopic (exact) mass is 822 g/mol. The molecule has 10 rings (SSSR count). The molecular formula is C58H54N4O. The molecule has 0 fully saturated rings. The number of hydrogen-bond donors (Lipinski definition) is 0. The summed E-state index contributed by atoms with van der Waals surface area (Å²) >= 11 is 0. The number of ether oxygens (including phenoxy) is 1. The molecule has 1 aliphatic heterocycles. The summed E-state index contributed by atoms with van der Waals surface area (Å²) in [5, 5.41) is 2.34. The zero-order valence-corrected chi connectivity index (χ0v) is 37.6. The third-order valence-corrected chi connectivity index (χ3v) is 12.7. The van der Waals surface area contributed by atoms with Gasteiger partial charge in [-0.1, -0.05) is 126 Å². The lowest BCUT2D eigenvalue weighted by atomic mass is 9.86. The number of anilines is 4. The lowest BCUT2D eigenvalue weighted by Crippen LogP contribution is -2.24. The number of rotatable bonds is 7. The highest BCUT2D eigenvalue weighted by atomic mass is 16.5. The van der Waals surface area contributed by atoms with Crippen molar-refractivity contribution in [1.29, 1.82) is 0 Å². The average molecular weight is 823 g/mol. The van der Waals surface area contributed by atoms with E-state index in [1.54, 1.807) is 0 Å². The summed E-state index contributed by atoms with van der Waals surface area (Å²) in [5.41, 5.74) is 16.4. The molecule has 3 heterocycles. The second kappa shape index (κ2) is 15.4. The lowest BCUT2D eigenvalue weighted by molar-refractivity contribution is 0.483. The third kappa shape index (κ3) is 7.42. The van der Waals surface area contributed by atoms with Crippen LogP contribution in [0, 0.1) is 13.8 Å². The molecule has 312 valence electrons. The minimum absolute atomic E-state index is 0.0176. The molecule has 9 aromatic rings. The molecule has 0 amide bonds. The first kappa shape index (κ1) is 40.0. The number of pyridine rings is 1. The van der Waals surface area contributed by atoms with Gasteiger partial charge in [0.25, 0.3) is 0 Å². The molecule has 0 N–H and O–H groups in total. The summed E-state index contributed by atoms with van der Waals surface area (Å²) in [4.78, 5) is 9.82. The second-order valence-electron chi connectivity index (χ2n) is 19.1. The Morgan fingerprint density at radius 1 is 0.476 bits per heavy atom. The van der Waals surface area contributed by atoms with Crippen LogP contribution in [0.4, 0.5) is 22.7 Å². The molecule has 0 atom stereocenters. The van der Waals surface area contributed by atoms with Gasteiger partial charge in [-0.05, 0) is 136 Å². The number of aryl methyl sites for hydroxylation is 2. The molecule has 1 aliphatic rings. The molecule has 63 heavy (non-hydrogen) atoms. The van der Waals surface area contributed by atoms with Crippen LogP contribution in [0.5, 0.6) is 11.5 Å². The van der Waals surface area contributed by atoms with Gasteiger partial charge in [0.15, 0.2) is 0 Å². The van der Waals surface area contributed by atoms with Crippen molar-refractivity contribution in [2.45, 2.75) is 66.2 Å². The maximum Gasteiger partial charge on any atom is 0.137 e. The van der Waals surface area contributed by atoms with Gasteiger partial charge in [0, 0.05) is 40.5 Å². The van der Waals surface area contributed by atoms with Crippen molar-refractivity contribution in [2.75, 3.05) is 16.5 Å². The highest BCUT2D eigenvalue weighted by Gasteiger charge is 2.31. The molecule has 0 aliphatic carbocycles. The molecule has 7 aromatic carbocycles. The Balaban J connectivity index is 1.12. The van der Waals surface area contributed by atoms with E-state index in [9.17, 15) is 0 Å². The highest BCUT2D eigenvalue weighted by Crippen LogP contribution is 2.48. The summed E-state index contributed by atoms with van der Waals surface area (Å²) < 4.78 is 9.34. The molecule has 5 heteroatoms. The standard InChI is InChI=1S/C58H54N4O/c1-38-16-14-17-39(2)56(38)42-31-46(61-37-60(52-27-24-43(33-54(52)61)57(3,4)5)45-21-15-20-41(30-45)40-18-10-9-11-19-40)35-48(32-42)63-47-25-26-50-49-22-12-13-23-51(49)62(53(50)36-47)55-34-44(28-29-59-55)58(6,7)8/h9-36H,37H2,1-8H3. The van der Waals surface area contributed by atoms with Crippen molar-refractivity contribution in [2.24, 2.45) is 0 Å². The molecule has 0 saturated carbocycles. The van der Waals surface area contributed by atoms with Crippen LogP contribution in [0.15, 0.2) is 170 Å². The smallest absolute Gasteiger partial charge is 0.137 e. The Morgan fingerprint density at radius 2 is 1.14 bits per heavy atom. The van der Waals surface area contributed by atoms with E-state index in [-0.39, 0.29) is 10.8 Å². The van der Waals surface area contributed by atoms with Gasteiger partial charge in [-0.25, -0.2) is 4.98 Å². The first-order valence-electron chi connectivity index (χ1n) is 22.0. The normalized spacial score (nSPS) is 13.0. The first-order chi connectivity index (χ1) is 30.3. The van der Waals surface area contributed by atoms with E-state index in [2.05, 4.69) is 234 Å². The Bertz CT molecular complexity index is 3160. The van der Waals surface area contributed by atoms with E-state index in [4.69, 9.17) is 9.72 Å². The number of fused-ring (bicyclic) bond motifs is 4. The van der Waals surface area contributed by atoms with Gasteiger partial charge < -0.3 is 14.5 Å². The lowest BCUT2D eigenvalue weighted by Gasteiger charge is -2.25. The van der Waals surface area contributed by atoms with E-state index in [1.165, 1.54) is 55.7 Å². The van der Waals surface area contributed by atoms with Gasteiger partial charge in [0.2, 0.25) is 0 Å². The number of hydrogen-bond acceptors (Lipinski definition) is 4. The van der Waals surface area contributed by atoms with Crippen LogP contribution in [0.3, 0.4) is 0 Å². The molecule has 2 aromatic heterocycles. The van der Waals surface area contributed by atoms with Gasteiger partial charge in [0.1, 0.15) is 24.0 Å². The first-order valence-corrected chi connectivity index (χ1v) is 22.0. The molecule has 0 bridgehead atoms. The van der Waals surface area contributed by atoms with Gasteiger partial charge in [-0.15, -0.1) is 0 Å². The van der Waals surface area contributed by atoms with Crippen LogP contribution < -0.4 is 14.5 Å². The van der Waals surface area contributed by atoms with Crippen LogP contribution >= 0.6 is 0 Å². The maximum atomic E-state index is 7.06. The van der Waals surface area contributed by atoms with Gasteiger partial charge >= 0.3 is 0 Å². The van der Waals surface area contributed by atoms with Crippen LogP contribution in [0.1, 0.15) is 63.8 Å². The van der Waals surface area contributed by atoms with E-state index < -0.39 is 0 Å². The summed E-state index contributed by atoms with van der Waals surface area (Å²) in [5.74, 6) is 2.43. The Kier molecular flexibility index (Phi) is 9.75. The van der Waals surface area contributed by atoms with E-state index in [1.807, 2.05) is 6.20 Å². The van der Waals surface area contributed by atoms with Gasteiger partial charge in [-0.2, -0.15) is 0 Å². The summed E-state index contributed by atoms with van der Waals surface area (Å²) in [6.45, 7) is 18.6. The van der Waals surface area contributed by atoms with E-state index >= 15 is 0 Å². The molecule has 0 spiro atoms. The minimum Gasteiger partial charge on any atom is -0.457 e. The number of aromatic nitrogens is 2. The van der Waals surface area contributed by atoms with Crippen molar-refractivity contribution in [3.8, 4) is 39.6 Å².